The minimum atomic E-state index is -1.79. The predicted molar refractivity (Wildman–Crippen MR) is 116 cm³/mol. The Kier molecular flexibility index (Phi) is 8.04. The second-order valence-corrected chi connectivity index (χ2v) is 15.2. The zero-order valence-electron chi connectivity index (χ0n) is 19.3. The highest BCUT2D eigenvalue weighted by molar-refractivity contribution is 6.79. The zero-order chi connectivity index (χ0) is 22.7. The van der Waals surface area contributed by atoms with Gasteiger partial charge in [-0.3, -0.25) is 19.2 Å². The third-order valence-electron chi connectivity index (χ3n) is 4.89. The second kappa shape index (κ2) is 9.28. The molecule has 29 heavy (non-hydrogen) atoms. The molecule has 4 amide bonds. The van der Waals surface area contributed by atoms with Gasteiger partial charge in [0.2, 0.25) is 23.6 Å². The summed E-state index contributed by atoms with van der Waals surface area (Å²) in [5.41, 5.74) is -0.608. The van der Waals surface area contributed by atoms with Crippen LogP contribution >= 0.6 is 0 Å². The van der Waals surface area contributed by atoms with E-state index in [4.69, 9.17) is 0 Å². The van der Waals surface area contributed by atoms with Gasteiger partial charge in [-0.05, 0) is 33.7 Å². The molecule has 1 fully saturated rings. The van der Waals surface area contributed by atoms with Crippen molar-refractivity contribution in [3.05, 3.63) is 0 Å². The van der Waals surface area contributed by atoms with Gasteiger partial charge in [-0.2, -0.15) is 0 Å². The maximum atomic E-state index is 13.0. The minimum Gasteiger partial charge on any atom is -0.352 e. The standard InChI is InChI=1S/C20H38N4O4Si/c1-12(2)21-16(25)13(3)22-17(26)15-10-29(8,9)11-24(15)18(27)14(4)23-19(28)20(5,6)7/h12-15H,10-11H2,1-9H3,(H,21,25)(H,22,26)(H,23,28)/t13-,14+,15-/m0/s1. The molecule has 0 bridgehead atoms. The van der Waals surface area contributed by atoms with E-state index in [1.165, 1.54) is 0 Å². The van der Waals surface area contributed by atoms with Gasteiger partial charge in [-0.1, -0.05) is 33.9 Å². The van der Waals surface area contributed by atoms with Gasteiger partial charge in [-0.25, -0.2) is 0 Å². The Morgan fingerprint density at radius 3 is 1.97 bits per heavy atom. The minimum absolute atomic E-state index is 0.0231. The molecule has 0 aliphatic carbocycles. The molecule has 3 atom stereocenters. The zero-order valence-corrected chi connectivity index (χ0v) is 20.3. The Bertz CT molecular complexity index is 657. The van der Waals surface area contributed by atoms with E-state index in [0.29, 0.717) is 12.2 Å². The van der Waals surface area contributed by atoms with Gasteiger partial charge >= 0.3 is 0 Å². The van der Waals surface area contributed by atoms with Crippen LogP contribution in [0.25, 0.3) is 0 Å². The molecule has 1 heterocycles. The van der Waals surface area contributed by atoms with Crippen molar-refractivity contribution in [1.29, 1.82) is 0 Å². The summed E-state index contributed by atoms with van der Waals surface area (Å²) >= 11 is 0. The van der Waals surface area contributed by atoms with E-state index < -0.39 is 31.6 Å². The Labute approximate surface area is 175 Å². The second-order valence-electron chi connectivity index (χ2n) is 10.2. The van der Waals surface area contributed by atoms with Crippen molar-refractivity contribution < 1.29 is 19.2 Å². The summed E-state index contributed by atoms with van der Waals surface area (Å²) in [6.07, 6.45) is 0.548. The summed E-state index contributed by atoms with van der Waals surface area (Å²) in [4.78, 5) is 51.9. The van der Waals surface area contributed by atoms with E-state index in [9.17, 15) is 19.2 Å². The SMILES string of the molecule is CC(C)NC(=O)[C@H](C)NC(=O)[C@@H]1C[Si](C)(C)CN1C(=O)[C@@H](C)NC(=O)C(C)(C)C. The van der Waals surface area contributed by atoms with Gasteiger partial charge in [0.1, 0.15) is 18.1 Å². The van der Waals surface area contributed by atoms with Crippen molar-refractivity contribution >= 4 is 31.7 Å². The van der Waals surface area contributed by atoms with Crippen LogP contribution in [-0.2, 0) is 19.2 Å². The van der Waals surface area contributed by atoms with Crippen molar-refractivity contribution in [3.8, 4) is 0 Å². The lowest BCUT2D eigenvalue weighted by Gasteiger charge is -2.29. The fourth-order valence-electron chi connectivity index (χ4n) is 3.24. The Balaban J connectivity index is 2.90. The number of hydrogen-bond donors (Lipinski definition) is 3. The third kappa shape index (κ3) is 7.13. The number of nitrogens with zero attached hydrogens (tertiary/aromatic N) is 1. The molecule has 0 radical (unpaired) electrons. The topological polar surface area (TPSA) is 108 Å². The molecular formula is C20H38N4O4Si. The molecule has 8 nitrogen and oxygen atoms in total. The first kappa shape index (κ1) is 25.1. The van der Waals surface area contributed by atoms with Gasteiger partial charge < -0.3 is 20.9 Å². The van der Waals surface area contributed by atoms with E-state index in [1.54, 1.807) is 39.5 Å². The van der Waals surface area contributed by atoms with Crippen LogP contribution in [0.3, 0.4) is 0 Å². The first-order valence-corrected chi connectivity index (χ1v) is 13.7. The first-order valence-electron chi connectivity index (χ1n) is 10.3. The van der Waals surface area contributed by atoms with Crippen LogP contribution in [0.2, 0.25) is 19.1 Å². The lowest BCUT2D eigenvalue weighted by Crippen LogP contribution is -2.56. The first-order chi connectivity index (χ1) is 13.0. The number of amides is 4. The quantitative estimate of drug-likeness (QED) is 0.551. The van der Waals surface area contributed by atoms with Gasteiger partial charge in [0.05, 0.1) is 8.07 Å². The molecule has 0 aromatic carbocycles. The molecule has 0 unspecified atom stereocenters. The third-order valence-corrected chi connectivity index (χ3v) is 7.58. The molecule has 1 aliphatic rings. The molecule has 1 aliphatic heterocycles. The number of carbonyl (C=O) groups excluding carboxylic acids is 4. The lowest BCUT2D eigenvalue weighted by molar-refractivity contribution is -0.142. The molecule has 3 N–H and O–H groups in total. The van der Waals surface area contributed by atoms with E-state index in [-0.39, 0.29) is 29.7 Å². The smallest absolute Gasteiger partial charge is 0.245 e. The maximum Gasteiger partial charge on any atom is 0.245 e. The Hall–Kier alpha value is -1.90. The van der Waals surface area contributed by atoms with Crippen molar-refractivity contribution in [2.24, 2.45) is 5.41 Å². The Morgan fingerprint density at radius 1 is 0.931 bits per heavy atom. The monoisotopic (exact) mass is 426 g/mol. The van der Waals surface area contributed by atoms with Gasteiger partial charge in [0.25, 0.3) is 0 Å². The van der Waals surface area contributed by atoms with E-state index in [2.05, 4.69) is 29.0 Å². The molecule has 0 spiro atoms. The highest BCUT2D eigenvalue weighted by Crippen LogP contribution is 2.28. The summed E-state index contributed by atoms with van der Waals surface area (Å²) in [6, 6.07) is -1.42. The van der Waals surface area contributed by atoms with Crippen LogP contribution in [0.15, 0.2) is 0 Å². The van der Waals surface area contributed by atoms with Crippen molar-refractivity contribution in [3.63, 3.8) is 0 Å². The normalized spacial score (nSPS) is 20.8. The molecule has 1 rings (SSSR count). The van der Waals surface area contributed by atoms with E-state index >= 15 is 0 Å². The van der Waals surface area contributed by atoms with Gasteiger partial charge in [0.15, 0.2) is 0 Å². The molecule has 166 valence electrons. The number of hydrogen-bond acceptors (Lipinski definition) is 4. The van der Waals surface area contributed by atoms with E-state index in [1.807, 2.05) is 13.8 Å². The average Bonchev–Trinajstić information content (AvgIpc) is 2.88. The summed E-state index contributed by atoms with van der Waals surface area (Å²) in [6.45, 7) is 16.6. The van der Waals surface area contributed by atoms with Crippen LogP contribution in [0, 0.1) is 5.41 Å². The summed E-state index contributed by atoms with van der Waals surface area (Å²) in [5.74, 6) is -1.06. The summed E-state index contributed by atoms with van der Waals surface area (Å²) in [7, 11) is -1.79. The van der Waals surface area contributed by atoms with E-state index in [0.717, 1.165) is 0 Å². The van der Waals surface area contributed by atoms with Crippen LogP contribution < -0.4 is 16.0 Å². The van der Waals surface area contributed by atoms with Crippen LogP contribution in [0.5, 0.6) is 0 Å². The van der Waals surface area contributed by atoms with Gasteiger partial charge in [0, 0.05) is 17.6 Å². The highest BCUT2D eigenvalue weighted by atomic mass is 28.3. The fraction of sp³-hybridized carbons (Fsp3) is 0.800. The molecule has 0 aromatic rings. The van der Waals surface area contributed by atoms with Crippen molar-refractivity contribution in [1.82, 2.24) is 20.9 Å². The van der Waals surface area contributed by atoms with Crippen LogP contribution in [0.4, 0.5) is 0 Å². The number of nitrogens with one attached hydrogen (secondary N) is 3. The average molecular weight is 427 g/mol. The lowest BCUT2D eigenvalue weighted by atomic mass is 9.95. The maximum absolute atomic E-state index is 13.0. The molecule has 9 heteroatoms. The summed E-state index contributed by atoms with van der Waals surface area (Å²) in [5, 5.41) is 8.27. The highest BCUT2D eigenvalue weighted by Gasteiger charge is 2.46. The number of rotatable bonds is 6. The fourth-order valence-corrected chi connectivity index (χ4v) is 6.12. The molecule has 0 saturated carbocycles. The van der Waals surface area contributed by atoms with Crippen LogP contribution in [-0.4, -0.2) is 66.9 Å². The number of carbonyl (C=O) groups is 4. The van der Waals surface area contributed by atoms with Crippen molar-refractivity contribution in [2.75, 3.05) is 6.17 Å². The summed E-state index contributed by atoms with van der Waals surface area (Å²) < 4.78 is 0. The molecule has 0 aromatic heterocycles. The molecule has 1 saturated heterocycles. The Morgan fingerprint density at radius 2 is 1.48 bits per heavy atom. The van der Waals surface area contributed by atoms with Crippen molar-refractivity contribution in [2.45, 2.75) is 91.8 Å². The largest absolute Gasteiger partial charge is 0.352 e. The predicted octanol–water partition coefficient (Wildman–Crippen LogP) is 1.02. The van der Waals surface area contributed by atoms with Crippen LogP contribution in [0.1, 0.15) is 48.5 Å². The molecular weight excluding hydrogens is 388 g/mol. The van der Waals surface area contributed by atoms with Gasteiger partial charge in [-0.15, -0.1) is 0 Å².